The van der Waals surface area contributed by atoms with E-state index in [1.807, 2.05) is 0 Å². The van der Waals surface area contributed by atoms with E-state index in [0.717, 1.165) is 36.7 Å². The van der Waals surface area contributed by atoms with Gasteiger partial charge in [0.2, 0.25) is 0 Å². The van der Waals surface area contributed by atoms with Crippen molar-refractivity contribution >= 4 is 16.6 Å². The van der Waals surface area contributed by atoms with Gasteiger partial charge in [-0.3, -0.25) is 4.98 Å². The van der Waals surface area contributed by atoms with E-state index in [1.165, 1.54) is 6.20 Å². The molecule has 106 valence electrons. The number of hydrogen-bond acceptors (Lipinski definition) is 2. The summed E-state index contributed by atoms with van der Waals surface area (Å²) in [5, 5.41) is 3.45. The molecular formula is C15H15F3N2. The van der Waals surface area contributed by atoms with Gasteiger partial charge < -0.3 is 5.32 Å². The highest BCUT2D eigenvalue weighted by Gasteiger charge is 2.33. The van der Waals surface area contributed by atoms with Crippen LogP contribution in [0.4, 0.5) is 18.9 Å². The summed E-state index contributed by atoms with van der Waals surface area (Å²) in [6.07, 6.45) is -1.24. The van der Waals surface area contributed by atoms with E-state index in [9.17, 15) is 13.2 Å². The molecule has 1 aliphatic heterocycles. The molecule has 0 spiro atoms. The Morgan fingerprint density at radius 1 is 1.35 bits per heavy atom. The van der Waals surface area contributed by atoms with Crippen molar-refractivity contribution in [2.45, 2.75) is 31.9 Å². The summed E-state index contributed by atoms with van der Waals surface area (Å²) in [6.45, 7) is 2.92. The van der Waals surface area contributed by atoms with Crippen LogP contribution in [0.25, 0.3) is 10.9 Å². The maximum Gasteiger partial charge on any atom is 0.417 e. The fraction of sp³-hybridized carbons (Fsp3) is 0.400. The van der Waals surface area contributed by atoms with Gasteiger partial charge in [-0.15, -0.1) is 0 Å². The van der Waals surface area contributed by atoms with Gasteiger partial charge >= 0.3 is 6.18 Å². The number of nitrogens with one attached hydrogen (secondary N) is 1. The zero-order valence-electron chi connectivity index (χ0n) is 11.1. The van der Waals surface area contributed by atoms with Crippen LogP contribution < -0.4 is 5.32 Å². The summed E-state index contributed by atoms with van der Waals surface area (Å²) in [5.74, 6) is 0.317. The maximum absolute atomic E-state index is 13.1. The molecule has 2 aromatic rings. The molecule has 0 saturated heterocycles. The molecule has 0 radical (unpaired) electrons. The van der Waals surface area contributed by atoms with Crippen LogP contribution in [0.3, 0.4) is 0 Å². The zero-order valence-corrected chi connectivity index (χ0v) is 11.1. The van der Waals surface area contributed by atoms with E-state index in [4.69, 9.17) is 0 Å². The number of alkyl halides is 3. The van der Waals surface area contributed by atoms with Crippen LogP contribution in [0.15, 0.2) is 24.4 Å². The van der Waals surface area contributed by atoms with E-state index < -0.39 is 11.7 Å². The molecule has 20 heavy (non-hydrogen) atoms. The second-order valence-corrected chi connectivity index (χ2v) is 5.13. The molecule has 1 atom stereocenters. The van der Waals surface area contributed by atoms with Crippen LogP contribution in [-0.2, 0) is 6.18 Å². The first-order valence-corrected chi connectivity index (χ1v) is 6.74. The number of anilines is 1. The third kappa shape index (κ3) is 2.11. The third-order valence-electron chi connectivity index (χ3n) is 3.96. The van der Waals surface area contributed by atoms with Crippen molar-refractivity contribution in [1.82, 2.24) is 4.98 Å². The molecule has 1 aromatic carbocycles. The van der Waals surface area contributed by atoms with E-state index in [1.54, 1.807) is 12.1 Å². The summed E-state index contributed by atoms with van der Waals surface area (Å²) >= 11 is 0. The Balaban J connectivity index is 2.26. The van der Waals surface area contributed by atoms with Crippen LogP contribution in [-0.4, -0.2) is 11.5 Å². The van der Waals surface area contributed by atoms with Gasteiger partial charge in [0, 0.05) is 23.8 Å². The number of pyridine rings is 1. The van der Waals surface area contributed by atoms with Crippen molar-refractivity contribution < 1.29 is 13.2 Å². The number of rotatable bonds is 1. The largest absolute Gasteiger partial charge is 0.417 e. The van der Waals surface area contributed by atoms with Gasteiger partial charge in [0.25, 0.3) is 0 Å². The normalized spacial score (nSPS) is 18.7. The summed E-state index contributed by atoms with van der Waals surface area (Å²) in [7, 11) is 0. The SMILES string of the molecule is CCC1CCNc2cc3nccc(C(F)(F)F)c3cc21. The number of benzene rings is 1. The van der Waals surface area contributed by atoms with Crippen molar-refractivity contribution in [1.29, 1.82) is 0 Å². The van der Waals surface area contributed by atoms with Crippen LogP contribution in [0.2, 0.25) is 0 Å². The lowest BCUT2D eigenvalue weighted by atomic mass is 9.87. The molecule has 1 aromatic heterocycles. The monoisotopic (exact) mass is 280 g/mol. The molecule has 0 saturated carbocycles. The topological polar surface area (TPSA) is 24.9 Å². The van der Waals surface area contributed by atoms with Crippen molar-refractivity contribution in [3.63, 3.8) is 0 Å². The van der Waals surface area contributed by atoms with Gasteiger partial charge in [0.1, 0.15) is 0 Å². The van der Waals surface area contributed by atoms with E-state index in [0.29, 0.717) is 11.4 Å². The summed E-state index contributed by atoms with van der Waals surface area (Å²) in [4.78, 5) is 4.07. The number of nitrogens with zero attached hydrogens (tertiary/aromatic N) is 1. The van der Waals surface area contributed by atoms with Crippen LogP contribution in [0.5, 0.6) is 0 Å². The average molecular weight is 280 g/mol. The minimum atomic E-state index is -4.35. The van der Waals surface area contributed by atoms with Gasteiger partial charge in [0.15, 0.2) is 0 Å². The molecule has 5 heteroatoms. The van der Waals surface area contributed by atoms with E-state index >= 15 is 0 Å². The van der Waals surface area contributed by atoms with Gasteiger partial charge in [-0.2, -0.15) is 13.2 Å². The van der Waals surface area contributed by atoms with Crippen LogP contribution >= 0.6 is 0 Å². The molecule has 0 fully saturated rings. The summed E-state index contributed by atoms with van der Waals surface area (Å²) in [6, 6.07) is 4.45. The average Bonchev–Trinajstić information content (AvgIpc) is 2.42. The Labute approximate surface area is 115 Å². The summed E-state index contributed by atoms with van der Waals surface area (Å²) in [5.41, 5.74) is 1.68. The fourth-order valence-corrected chi connectivity index (χ4v) is 2.91. The number of hydrogen-bond donors (Lipinski definition) is 1. The van der Waals surface area contributed by atoms with Crippen molar-refractivity contribution in [3.05, 3.63) is 35.5 Å². The molecule has 0 amide bonds. The Morgan fingerprint density at radius 3 is 2.85 bits per heavy atom. The van der Waals surface area contributed by atoms with Gasteiger partial charge in [-0.25, -0.2) is 0 Å². The first kappa shape index (κ1) is 13.2. The van der Waals surface area contributed by atoms with Gasteiger partial charge in [0.05, 0.1) is 11.1 Å². The molecule has 0 bridgehead atoms. The molecule has 1 unspecified atom stereocenters. The Bertz CT molecular complexity index is 649. The highest BCUT2D eigenvalue weighted by molar-refractivity contribution is 5.87. The third-order valence-corrected chi connectivity index (χ3v) is 3.96. The second kappa shape index (κ2) is 4.65. The van der Waals surface area contributed by atoms with E-state index in [-0.39, 0.29) is 5.39 Å². The number of halogens is 3. The van der Waals surface area contributed by atoms with Gasteiger partial charge in [-0.05, 0) is 42.5 Å². The predicted molar refractivity (Wildman–Crippen MR) is 72.9 cm³/mol. The van der Waals surface area contributed by atoms with Crippen LogP contribution in [0, 0.1) is 0 Å². The first-order valence-electron chi connectivity index (χ1n) is 6.74. The zero-order chi connectivity index (χ0) is 14.3. The lowest BCUT2D eigenvalue weighted by molar-refractivity contribution is -0.136. The molecule has 0 aliphatic carbocycles. The highest BCUT2D eigenvalue weighted by atomic mass is 19.4. The first-order chi connectivity index (χ1) is 9.50. The fourth-order valence-electron chi connectivity index (χ4n) is 2.91. The smallest absolute Gasteiger partial charge is 0.385 e. The second-order valence-electron chi connectivity index (χ2n) is 5.13. The Kier molecular flexibility index (Phi) is 3.07. The maximum atomic E-state index is 13.1. The molecule has 2 nitrogen and oxygen atoms in total. The van der Waals surface area contributed by atoms with Crippen molar-refractivity contribution in [2.75, 3.05) is 11.9 Å². The molecule has 1 N–H and O–H groups in total. The minimum Gasteiger partial charge on any atom is -0.385 e. The summed E-state index contributed by atoms with van der Waals surface area (Å²) < 4.78 is 39.3. The molecule has 3 rings (SSSR count). The Morgan fingerprint density at radius 2 is 2.15 bits per heavy atom. The Hall–Kier alpha value is -1.78. The number of fused-ring (bicyclic) bond motifs is 2. The molecule has 1 aliphatic rings. The van der Waals surface area contributed by atoms with E-state index in [2.05, 4.69) is 17.2 Å². The standard InChI is InChI=1S/C15H15F3N2/c1-2-9-3-5-19-13-8-14-11(7-10(9)13)12(4-6-20-14)15(16,17)18/h4,6-9,19H,2-3,5H2,1H3. The van der Waals surface area contributed by atoms with Crippen LogP contribution in [0.1, 0.15) is 36.8 Å². The minimum absolute atomic E-state index is 0.195. The van der Waals surface area contributed by atoms with Crippen molar-refractivity contribution in [3.8, 4) is 0 Å². The van der Waals surface area contributed by atoms with Gasteiger partial charge in [-0.1, -0.05) is 6.92 Å². The predicted octanol–water partition coefficient (Wildman–Crippen LogP) is 4.56. The molecule has 2 heterocycles. The lowest BCUT2D eigenvalue weighted by Gasteiger charge is -2.26. The lowest BCUT2D eigenvalue weighted by Crippen LogP contribution is -2.17. The quantitative estimate of drug-likeness (QED) is 0.828. The number of aromatic nitrogens is 1. The highest BCUT2D eigenvalue weighted by Crippen LogP contribution is 2.40. The van der Waals surface area contributed by atoms with Crippen molar-refractivity contribution in [2.24, 2.45) is 0 Å². The molecular weight excluding hydrogens is 265 g/mol.